The van der Waals surface area contributed by atoms with Gasteiger partial charge in [0.2, 0.25) is 0 Å². The highest BCUT2D eigenvalue weighted by Gasteiger charge is 2.19. The molecule has 0 N–H and O–H groups in total. The molecule has 2 fully saturated rings. The zero-order valence-electron chi connectivity index (χ0n) is 13.2. The van der Waals surface area contributed by atoms with Crippen LogP contribution in [0, 0.1) is 0 Å². The Kier molecular flexibility index (Phi) is 8.62. The number of ether oxygens (including phenoxy) is 2. The van der Waals surface area contributed by atoms with Crippen molar-refractivity contribution in [2.45, 2.75) is 51.4 Å². The summed E-state index contributed by atoms with van der Waals surface area (Å²) in [5.41, 5.74) is 0. The lowest BCUT2D eigenvalue weighted by atomic mass is 10.1. The summed E-state index contributed by atoms with van der Waals surface area (Å²) in [4.78, 5) is 4.71. The summed E-state index contributed by atoms with van der Waals surface area (Å²) in [6.07, 6.45) is 7.30. The van der Waals surface area contributed by atoms with Gasteiger partial charge in [-0.05, 0) is 52.2 Å². The molecule has 4 nitrogen and oxygen atoms in total. The number of likely N-dealkylation sites (tertiary alicyclic amines) is 2. The van der Waals surface area contributed by atoms with Crippen LogP contribution in [0.3, 0.4) is 0 Å². The topological polar surface area (TPSA) is 24.9 Å². The molecule has 19 heavy (non-hydrogen) atoms. The van der Waals surface area contributed by atoms with E-state index in [1.807, 2.05) is 0 Å². The minimum atomic E-state index is 0.402. The van der Waals surface area contributed by atoms with Gasteiger partial charge in [-0.2, -0.15) is 0 Å². The number of methoxy groups -OCH3 is 2. The van der Waals surface area contributed by atoms with Crippen molar-refractivity contribution in [3.8, 4) is 0 Å². The van der Waals surface area contributed by atoms with Crippen LogP contribution < -0.4 is 0 Å². The Labute approximate surface area is 119 Å². The summed E-state index contributed by atoms with van der Waals surface area (Å²) < 4.78 is 10.5. The molecule has 0 spiro atoms. The summed E-state index contributed by atoms with van der Waals surface area (Å²) in [6.45, 7) is 6.88. The van der Waals surface area contributed by atoms with E-state index in [1.54, 1.807) is 14.2 Å². The van der Waals surface area contributed by atoms with Gasteiger partial charge < -0.3 is 14.4 Å². The van der Waals surface area contributed by atoms with Crippen LogP contribution in [0.15, 0.2) is 0 Å². The summed E-state index contributed by atoms with van der Waals surface area (Å²) in [7, 11) is 5.74. The second-order valence-corrected chi connectivity index (χ2v) is 5.58. The molecular formula is C15H32N2O2. The van der Waals surface area contributed by atoms with Crippen molar-refractivity contribution in [2.24, 2.45) is 0 Å². The van der Waals surface area contributed by atoms with Crippen LogP contribution in [-0.2, 0) is 9.47 Å². The molecule has 0 amide bonds. The van der Waals surface area contributed by atoms with E-state index in [4.69, 9.17) is 9.47 Å². The molecule has 4 heteroatoms. The largest absolute Gasteiger partial charge is 0.380 e. The quantitative estimate of drug-likeness (QED) is 0.786. The Balaban J connectivity index is 0.000000191. The maximum atomic E-state index is 5.32. The van der Waals surface area contributed by atoms with Crippen LogP contribution in [0.4, 0.5) is 0 Å². The first-order valence-corrected chi connectivity index (χ1v) is 7.69. The van der Waals surface area contributed by atoms with Gasteiger partial charge in [-0.1, -0.05) is 6.92 Å². The van der Waals surface area contributed by atoms with E-state index in [0.717, 1.165) is 13.1 Å². The van der Waals surface area contributed by atoms with E-state index < -0.39 is 0 Å². The zero-order valence-corrected chi connectivity index (χ0v) is 13.2. The number of rotatable bonds is 3. The third kappa shape index (κ3) is 6.21. The average Bonchev–Trinajstić information content (AvgIpc) is 2.47. The third-order valence-electron chi connectivity index (χ3n) is 4.15. The molecule has 0 aromatic heterocycles. The van der Waals surface area contributed by atoms with Crippen LogP contribution in [0.5, 0.6) is 0 Å². The number of hydrogen-bond acceptors (Lipinski definition) is 4. The first-order chi connectivity index (χ1) is 9.21. The molecule has 0 radical (unpaired) electrons. The van der Waals surface area contributed by atoms with Crippen molar-refractivity contribution in [3.63, 3.8) is 0 Å². The normalized spacial score (nSPS) is 29.7. The highest BCUT2D eigenvalue weighted by Crippen LogP contribution is 2.16. The van der Waals surface area contributed by atoms with Crippen molar-refractivity contribution in [3.05, 3.63) is 0 Å². The van der Waals surface area contributed by atoms with Crippen LogP contribution >= 0.6 is 0 Å². The van der Waals surface area contributed by atoms with E-state index in [-0.39, 0.29) is 0 Å². The smallest absolute Gasteiger partial charge is 0.110 e. The standard InChI is InChI=1S/C8H17NO.C7H15NO/c1-3-9-7-5-4-6-8(9)10-2;1-8-5-3-4-7(6-8)9-2/h8H,3-7H2,1-2H3;7H,3-6H2,1-2H3. The van der Waals surface area contributed by atoms with Crippen LogP contribution in [0.2, 0.25) is 0 Å². The fourth-order valence-corrected chi connectivity index (χ4v) is 2.90. The van der Waals surface area contributed by atoms with Gasteiger partial charge in [-0.25, -0.2) is 0 Å². The summed E-state index contributed by atoms with van der Waals surface area (Å²) in [6, 6.07) is 0. The Morgan fingerprint density at radius 1 is 1.00 bits per heavy atom. The van der Waals surface area contributed by atoms with Gasteiger partial charge in [0.1, 0.15) is 6.23 Å². The molecule has 0 saturated carbocycles. The molecule has 0 aromatic carbocycles. The first-order valence-electron chi connectivity index (χ1n) is 7.69. The second-order valence-electron chi connectivity index (χ2n) is 5.58. The molecule has 0 aromatic rings. The van der Waals surface area contributed by atoms with Crippen molar-refractivity contribution >= 4 is 0 Å². The Morgan fingerprint density at radius 2 is 1.79 bits per heavy atom. The van der Waals surface area contributed by atoms with Crippen molar-refractivity contribution in [1.29, 1.82) is 0 Å². The van der Waals surface area contributed by atoms with Crippen LogP contribution in [0.1, 0.15) is 39.0 Å². The lowest BCUT2D eigenvalue weighted by Gasteiger charge is -2.33. The maximum Gasteiger partial charge on any atom is 0.110 e. The Hall–Kier alpha value is -0.160. The molecule has 2 heterocycles. The van der Waals surface area contributed by atoms with Crippen molar-refractivity contribution in [2.75, 3.05) is 47.4 Å². The van der Waals surface area contributed by atoms with Gasteiger partial charge in [0.15, 0.2) is 0 Å². The Bertz CT molecular complexity index is 214. The predicted octanol–water partition coefficient (Wildman–Crippen LogP) is 2.19. The van der Waals surface area contributed by atoms with Crippen molar-refractivity contribution in [1.82, 2.24) is 9.80 Å². The number of hydrogen-bond donors (Lipinski definition) is 0. The maximum absolute atomic E-state index is 5.32. The van der Waals surface area contributed by atoms with Gasteiger partial charge in [-0.3, -0.25) is 4.90 Å². The molecule has 2 rings (SSSR count). The zero-order chi connectivity index (χ0) is 14.1. The van der Waals surface area contributed by atoms with E-state index in [2.05, 4.69) is 23.8 Å². The van der Waals surface area contributed by atoms with Gasteiger partial charge in [0, 0.05) is 27.3 Å². The monoisotopic (exact) mass is 272 g/mol. The molecule has 2 unspecified atom stereocenters. The lowest BCUT2D eigenvalue weighted by molar-refractivity contribution is -0.0523. The van der Waals surface area contributed by atoms with Crippen LogP contribution in [0.25, 0.3) is 0 Å². The van der Waals surface area contributed by atoms with Gasteiger partial charge in [-0.15, -0.1) is 0 Å². The highest BCUT2D eigenvalue weighted by atomic mass is 16.5. The van der Waals surface area contributed by atoms with E-state index in [0.29, 0.717) is 12.3 Å². The SMILES string of the molecule is CCN1CCCCC1OC.COC1CCCN(C)C1. The molecular weight excluding hydrogens is 240 g/mol. The lowest BCUT2D eigenvalue weighted by Crippen LogP contribution is -2.40. The number of likely N-dealkylation sites (N-methyl/N-ethyl adjacent to an activating group) is 1. The summed E-state index contributed by atoms with van der Waals surface area (Å²) in [5, 5.41) is 0. The molecule has 0 bridgehead atoms. The fourth-order valence-electron chi connectivity index (χ4n) is 2.90. The first kappa shape index (κ1) is 16.9. The van der Waals surface area contributed by atoms with Crippen LogP contribution in [-0.4, -0.2) is 69.6 Å². The molecule has 2 atom stereocenters. The van der Waals surface area contributed by atoms with Crippen molar-refractivity contribution < 1.29 is 9.47 Å². The van der Waals surface area contributed by atoms with Gasteiger partial charge in [0.05, 0.1) is 6.10 Å². The molecule has 114 valence electrons. The second kappa shape index (κ2) is 9.70. The average molecular weight is 272 g/mol. The minimum absolute atomic E-state index is 0.402. The van der Waals surface area contributed by atoms with E-state index in [9.17, 15) is 0 Å². The minimum Gasteiger partial charge on any atom is -0.380 e. The predicted molar refractivity (Wildman–Crippen MR) is 79.4 cm³/mol. The highest BCUT2D eigenvalue weighted by molar-refractivity contribution is 4.69. The summed E-state index contributed by atoms with van der Waals surface area (Å²) in [5.74, 6) is 0. The summed E-state index contributed by atoms with van der Waals surface area (Å²) >= 11 is 0. The Morgan fingerprint density at radius 3 is 2.26 bits per heavy atom. The van der Waals surface area contributed by atoms with Gasteiger partial charge >= 0.3 is 0 Å². The molecule has 2 aliphatic rings. The molecule has 2 aliphatic heterocycles. The number of nitrogens with zero attached hydrogens (tertiary/aromatic N) is 2. The molecule has 2 saturated heterocycles. The molecule has 0 aliphatic carbocycles. The van der Waals surface area contributed by atoms with E-state index in [1.165, 1.54) is 45.2 Å². The number of piperidine rings is 2. The van der Waals surface area contributed by atoms with Gasteiger partial charge in [0.25, 0.3) is 0 Å². The van der Waals surface area contributed by atoms with E-state index >= 15 is 0 Å². The fraction of sp³-hybridized carbons (Fsp3) is 1.00. The third-order valence-corrected chi connectivity index (χ3v) is 4.15.